The number of nitriles is 1. The maximum Gasteiger partial charge on any atom is 0.242 e. The fraction of sp³-hybridized carbons (Fsp3) is 0.364. The Labute approximate surface area is 120 Å². The highest BCUT2D eigenvalue weighted by atomic mass is 35.5. The van der Waals surface area contributed by atoms with Gasteiger partial charge in [0.05, 0.1) is 16.7 Å². The molecule has 1 aromatic rings. The number of benzene rings is 1. The highest BCUT2D eigenvalue weighted by molar-refractivity contribution is 7.89. The van der Waals surface area contributed by atoms with Gasteiger partial charge in [0, 0.05) is 28.9 Å². The molecule has 1 N–H and O–H groups in total. The van der Waals surface area contributed by atoms with Gasteiger partial charge in [-0.05, 0) is 25.1 Å². The Bertz CT molecular complexity index is 638. The molecule has 2 atom stereocenters. The van der Waals surface area contributed by atoms with E-state index in [1.165, 1.54) is 24.5 Å². The number of rotatable bonds is 5. The minimum atomic E-state index is -3.77. The molecule has 104 valence electrons. The van der Waals surface area contributed by atoms with Crippen molar-refractivity contribution in [2.45, 2.75) is 17.1 Å². The van der Waals surface area contributed by atoms with Crippen LogP contribution in [0.4, 0.5) is 0 Å². The molecule has 0 heterocycles. The SMILES string of the molecule is CC(CNS(=O)(=O)c1ccc(C#N)cc1Cl)S(C)=O. The third-order valence-electron chi connectivity index (χ3n) is 2.48. The maximum atomic E-state index is 12.0. The summed E-state index contributed by atoms with van der Waals surface area (Å²) in [7, 11) is -4.89. The minimum absolute atomic E-state index is 0.0168. The van der Waals surface area contributed by atoms with Gasteiger partial charge in [0.15, 0.2) is 0 Å². The van der Waals surface area contributed by atoms with Crippen LogP contribution in [-0.4, -0.2) is 30.7 Å². The van der Waals surface area contributed by atoms with E-state index in [1.54, 1.807) is 6.92 Å². The van der Waals surface area contributed by atoms with Crippen molar-refractivity contribution < 1.29 is 12.6 Å². The molecule has 0 aromatic heterocycles. The predicted octanol–water partition coefficient (Wildman–Crippen LogP) is 1.26. The quantitative estimate of drug-likeness (QED) is 0.884. The van der Waals surface area contributed by atoms with E-state index in [0.717, 1.165) is 0 Å². The van der Waals surface area contributed by atoms with Crippen LogP contribution in [0.25, 0.3) is 0 Å². The average Bonchev–Trinajstić information content (AvgIpc) is 2.35. The number of nitrogens with zero attached hydrogens (tertiary/aromatic N) is 1. The molecule has 0 fully saturated rings. The molecule has 1 rings (SSSR count). The standard InChI is InChI=1S/C11H13ClN2O3S2/c1-8(18(2)15)7-14-19(16,17)11-4-3-9(6-13)5-10(11)12/h3-5,8,14H,7H2,1-2H3. The van der Waals surface area contributed by atoms with Gasteiger partial charge in [-0.3, -0.25) is 4.21 Å². The molecule has 19 heavy (non-hydrogen) atoms. The largest absolute Gasteiger partial charge is 0.260 e. The first-order chi connectivity index (χ1) is 8.77. The Morgan fingerprint density at radius 2 is 2.16 bits per heavy atom. The summed E-state index contributed by atoms with van der Waals surface area (Å²) in [5.41, 5.74) is 0.284. The molecule has 1 aromatic carbocycles. The molecular weight excluding hydrogens is 308 g/mol. The van der Waals surface area contributed by atoms with Crippen LogP contribution in [0.1, 0.15) is 12.5 Å². The summed E-state index contributed by atoms with van der Waals surface area (Å²) in [5.74, 6) is 0. The van der Waals surface area contributed by atoms with Gasteiger partial charge in [0.2, 0.25) is 10.0 Å². The Balaban J connectivity index is 2.96. The smallest absolute Gasteiger partial charge is 0.242 e. The summed E-state index contributed by atoms with van der Waals surface area (Å²) >= 11 is 5.84. The van der Waals surface area contributed by atoms with Crippen LogP contribution >= 0.6 is 11.6 Å². The second kappa shape index (κ2) is 6.48. The highest BCUT2D eigenvalue weighted by Gasteiger charge is 2.19. The normalized spacial score (nSPS) is 14.6. The molecule has 0 bridgehead atoms. The van der Waals surface area contributed by atoms with Gasteiger partial charge in [-0.15, -0.1) is 0 Å². The van der Waals surface area contributed by atoms with Crippen LogP contribution in [0.5, 0.6) is 0 Å². The highest BCUT2D eigenvalue weighted by Crippen LogP contribution is 2.22. The Kier molecular flexibility index (Phi) is 5.50. The van der Waals surface area contributed by atoms with E-state index in [4.69, 9.17) is 16.9 Å². The second-order valence-electron chi connectivity index (χ2n) is 3.92. The number of nitrogens with one attached hydrogen (secondary N) is 1. The number of halogens is 1. The molecule has 0 radical (unpaired) electrons. The first-order valence-electron chi connectivity index (χ1n) is 5.29. The van der Waals surface area contributed by atoms with Gasteiger partial charge in [-0.1, -0.05) is 11.6 Å². The summed E-state index contributed by atoms with van der Waals surface area (Å²) in [6.45, 7) is 1.74. The fourth-order valence-corrected chi connectivity index (χ4v) is 3.31. The third-order valence-corrected chi connectivity index (χ3v) is 5.68. The molecule has 0 aliphatic carbocycles. The summed E-state index contributed by atoms with van der Waals surface area (Å²) in [6, 6.07) is 5.81. The molecule has 2 unspecified atom stereocenters. The van der Waals surface area contributed by atoms with Crippen LogP contribution in [0.2, 0.25) is 5.02 Å². The Morgan fingerprint density at radius 3 is 2.63 bits per heavy atom. The molecule has 8 heteroatoms. The van der Waals surface area contributed by atoms with Crippen LogP contribution in [0.15, 0.2) is 23.1 Å². The summed E-state index contributed by atoms with van der Waals surface area (Å²) in [4.78, 5) is -0.0951. The van der Waals surface area contributed by atoms with Crippen LogP contribution in [0, 0.1) is 11.3 Å². The minimum Gasteiger partial charge on any atom is -0.260 e. The molecule has 0 amide bonds. The average molecular weight is 321 g/mol. The van der Waals surface area contributed by atoms with Gasteiger partial charge in [0.1, 0.15) is 4.90 Å². The van der Waals surface area contributed by atoms with Crippen molar-refractivity contribution in [3.05, 3.63) is 28.8 Å². The monoisotopic (exact) mass is 320 g/mol. The molecular formula is C11H13ClN2O3S2. The molecule has 0 saturated heterocycles. The van der Waals surface area contributed by atoms with Gasteiger partial charge in [0.25, 0.3) is 0 Å². The van der Waals surface area contributed by atoms with E-state index >= 15 is 0 Å². The topological polar surface area (TPSA) is 87.0 Å². The van der Waals surface area contributed by atoms with E-state index < -0.39 is 20.8 Å². The molecule has 5 nitrogen and oxygen atoms in total. The lowest BCUT2D eigenvalue weighted by molar-refractivity contribution is 0.580. The first-order valence-corrected chi connectivity index (χ1v) is 8.77. The van der Waals surface area contributed by atoms with Crippen LogP contribution < -0.4 is 4.72 Å². The van der Waals surface area contributed by atoms with E-state index in [1.807, 2.05) is 6.07 Å². The molecule has 0 saturated carbocycles. The van der Waals surface area contributed by atoms with Gasteiger partial charge in [-0.2, -0.15) is 5.26 Å². The lowest BCUT2D eigenvalue weighted by atomic mass is 10.2. The van der Waals surface area contributed by atoms with Crippen molar-refractivity contribution in [2.75, 3.05) is 12.8 Å². The molecule has 0 aliphatic rings. The maximum absolute atomic E-state index is 12.0. The number of hydrogen-bond donors (Lipinski definition) is 1. The van der Waals surface area contributed by atoms with Crippen molar-refractivity contribution in [1.82, 2.24) is 4.72 Å². The number of hydrogen-bond acceptors (Lipinski definition) is 4. The molecule has 0 aliphatic heterocycles. The van der Waals surface area contributed by atoms with Crippen LogP contribution in [0.3, 0.4) is 0 Å². The van der Waals surface area contributed by atoms with Gasteiger partial charge in [-0.25, -0.2) is 13.1 Å². The lowest BCUT2D eigenvalue weighted by Gasteiger charge is -2.11. The van der Waals surface area contributed by atoms with Crippen LogP contribution in [-0.2, 0) is 20.8 Å². The summed E-state index contributed by atoms with van der Waals surface area (Å²) in [5, 5.41) is 8.37. The zero-order valence-corrected chi connectivity index (χ0v) is 12.8. The van der Waals surface area contributed by atoms with E-state index in [9.17, 15) is 12.6 Å². The zero-order valence-electron chi connectivity index (χ0n) is 10.4. The summed E-state index contributed by atoms with van der Waals surface area (Å²) < 4.78 is 37.5. The van der Waals surface area contributed by atoms with Crippen molar-refractivity contribution in [2.24, 2.45) is 0 Å². The van der Waals surface area contributed by atoms with Crippen molar-refractivity contribution in [1.29, 1.82) is 5.26 Å². The Morgan fingerprint density at radius 1 is 1.53 bits per heavy atom. The fourth-order valence-electron chi connectivity index (χ4n) is 1.21. The number of sulfonamides is 1. The zero-order chi connectivity index (χ0) is 14.6. The van der Waals surface area contributed by atoms with Gasteiger partial charge < -0.3 is 0 Å². The first kappa shape index (κ1) is 16.1. The van der Waals surface area contributed by atoms with Gasteiger partial charge >= 0.3 is 0 Å². The predicted molar refractivity (Wildman–Crippen MR) is 74.9 cm³/mol. The lowest BCUT2D eigenvalue weighted by Crippen LogP contribution is -2.32. The Hall–Kier alpha value is -0.940. The van der Waals surface area contributed by atoms with E-state index in [2.05, 4.69) is 4.72 Å². The van der Waals surface area contributed by atoms with Crippen molar-refractivity contribution in [3.63, 3.8) is 0 Å². The summed E-state index contributed by atoms with van der Waals surface area (Å²) in [6.07, 6.45) is 1.51. The van der Waals surface area contributed by atoms with E-state index in [0.29, 0.717) is 0 Å². The van der Waals surface area contributed by atoms with Crippen molar-refractivity contribution >= 4 is 32.4 Å². The molecule has 0 spiro atoms. The van der Waals surface area contributed by atoms with Crippen molar-refractivity contribution in [3.8, 4) is 6.07 Å². The third kappa shape index (κ3) is 4.28. The second-order valence-corrected chi connectivity index (χ2v) is 7.86. The van der Waals surface area contributed by atoms with E-state index in [-0.39, 0.29) is 27.3 Å².